The van der Waals surface area contributed by atoms with E-state index in [9.17, 15) is 0 Å². The minimum Gasteiger partial charge on any atom is -0.378 e. The SMILES string of the molecule is CC(C)N1CCCC1c1cccnc1N1CCOCC1. The van der Waals surface area contributed by atoms with E-state index in [1.165, 1.54) is 30.8 Å². The van der Waals surface area contributed by atoms with E-state index < -0.39 is 0 Å². The van der Waals surface area contributed by atoms with Crippen LogP contribution in [0.1, 0.15) is 38.3 Å². The van der Waals surface area contributed by atoms with Crippen molar-refractivity contribution in [3.8, 4) is 0 Å². The van der Waals surface area contributed by atoms with Gasteiger partial charge in [0, 0.05) is 36.9 Å². The van der Waals surface area contributed by atoms with Crippen LogP contribution in [0, 0.1) is 0 Å². The molecular weight excluding hydrogens is 250 g/mol. The van der Waals surface area contributed by atoms with E-state index in [0.717, 1.165) is 26.3 Å². The van der Waals surface area contributed by atoms with E-state index >= 15 is 0 Å². The lowest BCUT2D eigenvalue weighted by Gasteiger charge is -2.34. The van der Waals surface area contributed by atoms with Crippen molar-refractivity contribution in [1.29, 1.82) is 0 Å². The first-order valence-corrected chi connectivity index (χ1v) is 7.80. The van der Waals surface area contributed by atoms with Crippen molar-refractivity contribution < 1.29 is 4.74 Å². The van der Waals surface area contributed by atoms with E-state index in [1.807, 2.05) is 6.20 Å². The number of nitrogens with zero attached hydrogens (tertiary/aromatic N) is 3. The third kappa shape index (κ3) is 2.67. The molecule has 4 nitrogen and oxygen atoms in total. The maximum absolute atomic E-state index is 5.47. The summed E-state index contributed by atoms with van der Waals surface area (Å²) >= 11 is 0. The Balaban J connectivity index is 1.89. The van der Waals surface area contributed by atoms with Crippen LogP contribution in [-0.2, 0) is 4.74 Å². The van der Waals surface area contributed by atoms with Crippen molar-refractivity contribution in [1.82, 2.24) is 9.88 Å². The number of anilines is 1. The van der Waals surface area contributed by atoms with Crippen LogP contribution in [0.15, 0.2) is 18.3 Å². The topological polar surface area (TPSA) is 28.6 Å². The summed E-state index contributed by atoms with van der Waals surface area (Å²) in [7, 11) is 0. The summed E-state index contributed by atoms with van der Waals surface area (Å²) in [6, 6.07) is 5.47. The van der Waals surface area contributed by atoms with Crippen LogP contribution in [-0.4, -0.2) is 48.8 Å². The molecule has 1 aromatic heterocycles. The van der Waals surface area contributed by atoms with Crippen molar-refractivity contribution in [3.63, 3.8) is 0 Å². The Morgan fingerprint density at radius 2 is 2.05 bits per heavy atom. The van der Waals surface area contributed by atoms with Gasteiger partial charge in [-0.05, 0) is 39.3 Å². The lowest BCUT2D eigenvalue weighted by molar-refractivity contribution is 0.122. The zero-order valence-corrected chi connectivity index (χ0v) is 12.6. The first-order valence-electron chi connectivity index (χ1n) is 7.80. The van der Waals surface area contributed by atoms with Crippen molar-refractivity contribution in [2.75, 3.05) is 37.7 Å². The fraction of sp³-hybridized carbons (Fsp3) is 0.688. The van der Waals surface area contributed by atoms with Gasteiger partial charge in [-0.3, -0.25) is 4.90 Å². The number of likely N-dealkylation sites (tertiary alicyclic amines) is 1. The average Bonchev–Trinajstić information content (AvgIpc) is 2.98. The van der Waals surface area contributed by atoms with Crippen LogP contribution < -0.4 is 4.90 Å². The molecule has 2 aliphatic heterocycles. The van der Waals surface area contributed by atoms with Crippen LogP contribution in [0.3, 0.4) is 0 Å². The van der Waals surface area contributed by atoms with Gasteiger partial charge in [0.05, 0.1) is 13.2 Å². The minimum atomic E-state index is 0.529. The normalized spacial score (nSPS) is 24.6. The number of hydrogen-bond donors (Lipinski definition) is 0. The van der Waals surface area contributed by atoms with Gasteiger partial charge in [0.25, 0.3) is 0 Å². The van der Waals surface area contributed by atoms with Crippen molar-refractivity contribution in [2.45, 2.75) is 38.8 Å². The predicted octanol–water partition coefficient (Wildman–Crippen LogP) is 2.46. The first kappa shape index (κ1) is 13.8. The molecule has 0 radical (unpaired) electrons. The maximum Gasteiger partial charge on any atom is 0.133 e. The van der Waals surface area contributed by atoms with Crippen LogP contribution in [0.5, 0.6) is 0 Å². The second-order valence-corrected chi connectivity index (χ2v) is 6.01. The highest BCUT2D eigenvalue weighted by Crippen LogP contribution is 2.37. The number of ether oxygens (including phenoxy) is 1. The van der Waals surface area contributed by atoms with Gasteiger partial charge in [-0.2, -0.15) is 0 Å². The molecule has 0 amide bonds. The quantitative estimate of drug-likeness (QED) is 0.847. The molecule has 2 aliphatic rings. The van der Waals surface area contributed by atoms with Gasteiger partial charge in [0.1, 0.15) is 5.82 Å². The first-order chi connectivity index (χ1) is 9.77. The maximum atomic E-state index is 5.47. The average molecular weight is 275 g/mol. The second kappa shape index (κ2) is 6.10. The number of pyridine rings is 1. The molecular formula is C16H25N3O. The molecule has 2 fully saturated rings. The Morgan fingerprint density at radius 3 is 2.80 bits per heavy atom. The van der Waals surface area contributed by atoms with Crippen LogP contribution in [0.25, 0.3) is 0 Å². The fourth-order valence-electron chi connectivity index (χ4n) is 3.45. The molecule has 20 heavy (non-hydrogen) atoms. The number of hydrogen-bond acceptors (Lipinski definition) is 4. The lowest BCUT2D eigenvalue weighted by atomic mass is 10.0. The molecule has 1 atom stereocenters. The van der Waals surface area contributed by atoms with Gasteiger partial charge < -0.3 is 9.64 Å². The lowest BCUT2D eigenvalue weighted by Crippen LogP contribution is -2.38. The monoisotopic (exact) mass is 275 g/mol. The van der Waals surface area contributed by atoms with E-state index in [1.54, 1.807) is 0 Å². The number of aromatic nitrogens is 1. The summed E-state index contributed by atoms with van der Waals surface area (Å²) < 4.78 is 5.47. The Hall–Kier alpha value is -1.13. The third-order valence-corrected chi connectivity index (χ3v) is 4.44. The van der Waals surface area contributed by atoms with E-state index in [2.05, 4.69) is 40.8 Å². The molecule has 0 aliphatic carbocycles. The zero-order valence-electron chi connectivity index (χ0n) is 12.6. The highest BCUT2D eigenvalue weighted by atomic mass is 16.5. The number of rotatable bonds is 3. The summed E-state index contributed by atoms with van der Waals surface area (Å²) in [6.45, 7) is 9.34. The highest BCUT2D eigenvalue weighted by Gasteiger charge is 2.31. The third-order valence-electron chi connectivity index (χ3n) is 4.44. The molecule has 1 aromatic rings. The molecule has 0 aromatic carbocycles. The fourth-order valence-corrected chi connectivity index (χ4v) is 3.45. The molecule has 3 rings (SSSR count). The molecule has 1 unspecified atom stereocenters. The standard InChI is InChI=1S/C16H25N3O/c1-13(2)19-8-4-6-15(19)14-5-3-7-17-16(14)18-9-11-20-12-10-18/h3,5,7,13,15H,4,6,8-12H2,1-2H3. The molecule has 0 bridgehead atoms. The van der Waals surface area contributed by atoms with E-state index in [4.69, 9.17) is 4.74 Å². The van der Waals surface area contributed by atoms with Gasteiger partial charge >= 0.3 is 0 Å². The Kier molecular flexibility index (Phi) is 4.22. The van der Waals surface area contributed by atoms with Gasteiger partial charge in [-0.25, -0.2) is 4.98 Å². The number of morpholine rings is 1. The molecule has 3 heterocycles. The van der Waals surface area contributed by atoms with Crippen molar-refractivity contribution >= 4 is 5.82 Å². The van der Waals surface area contributed by atoms with Crippen molar-refractivity contribution in [3.05, 3.63) is 23.9 Å². The summed E-state index contributed by atoms with van der Waals surface area (Å²) in [5.41, 5.74) is 1.40. The smallest absolute Gasteiger partial charge is 0.133 e. The minimum absolute atomic E-state index is 0.529. The summed E-state index contributed by atoms with van der Waals surface area (Å²) in [4.78, 5) is 9.68. The molecule has 0 spiro atoms. The Morgan fingerprint density at radius 1 is 1.25 bits per heavy atom. The van der Waals surface area contributed by atoms with E-state index in [0.29, 0.717) is 12.1 Å². The molecule has 110 valence electrons. The van der Waals surface area contributed by atoms with Crippen LogP contribution >= 0.6 is 0 Å². The van der Waals surface area contributed by atoms with E-state index in [-0.39, 0.29) is 0 Å². The van der Waals surface area contributed by atoms with Gasteiger partial charge in [-0.15, -0.1) is 0 Å². The molecule has 4 heteroatoms. The zero-order chi connectivity index (χ0) is 13.9. The summed E-state index contributed by atoms with van der Waals surface area (Å²) in [5, 5.41) is 0. The van der Waals surface area contributed by atoms with Crippen LogP contribution in [0.2, 0.25) is 0 Å². The van der Waals surface area contributed by atoms with Gasteiger partial charge in [-0.1, -0.05) is 6.07 Å². The molecule has 2 saturated heterocycles. The predicted molar refractivity (Wildman–Crippen MR) is 81.1 cm³/mol. The summed E-state index contributed by atoms with van der Waals surface area (Å²) in [6.07, 6.45) is 4.46. The largest absolute Gasteiger partial charge is 0.378 e. The second-order valence-electron chi connectivity index (χ2n) is 6.01. The highest BCUT2D eigenvalue weighted by molar-refractivity contribution is 5.49. The van der Waals surface area contributed by atoms with Gasteiger partial charge in [0.15, 0.2) is 0 Å². The summed E-state index contributed by atoms with van der Waals surface area (Å²) in [5.74, 6) is 1.17. The molecule has 0 saturated carbocycles. The Bertz CT molecular complexity index is 443. The van der Waals surface area contributed by atoms with Crippen LogP contribution in [0.4, 0.5) is 5.82 Å². The van der Waals surface area contributed by atoms with Gasteiger partial charge in [0.2, 0.25) is 0 Å². The Labute approximate surface area is 121 Å². The van der Waals surface area contributed by atoms with Crippen molar-refractivity contribution in [2.24, 2.45) is 0 Å². The molecule has 0 N–H and O–H groups in total.